The van der Waals surface area contributed by atoms with Gasteiger partial charge in [-0.25, -0.2) is 0 Å². The Labute approximate surface area is 142 Å². The van der Waals surface area contributed by atoms with Crippen LogP contribution in [0.3, 0.4) is 0 Å². The summed E-state index contributed by atoms with van der Waals surface area (Å²) in [5, 5.41) is 3.04. The quantitative estimate of drug-likeness (QED) is 0.657. The lowest BCUT2D eigenvalue weighted by molar-refractivity contribution is 0.0939. The first-order valence-electron chi connectivity index (χ1n) is 6.89. The average Bonchev–Trinajstić information content (AvgIpc) is 3.07. The normalized spacial score (nSPS) is 11.9. The van der Waals surface area contributed by atoms with Crippen molar-refractivity contribution in [3.8, 4) is 0 Å². The van der Waals surface area contributed by atoms with E-state index in [0.29, 0.717) is 11.3 Å². The van der Waals surface area contributed by atoms with Gasteiger partial charge in [0.2, 0.25) is 0 Å². The first kappa shape index (κ1) is 14.8. The highest BCUT2D eigenvalue weighted by Crippen LogP contribution is 2.23. The third kappa shape index (κ3) is 3.39. The zero-order valence-corrected chi connectivity index (χ0v) is 13.9. The van der Waals surface area contributed by atoms with Crippen molar-refractivity contribution in [2.45, 2.75) is 6.04 Å². The molecule has 0 radical (unpaired) electrons. The summed E-state index contributed by atoms with van der Waals surface area (Å²) in [6.07, 6.45) is 1.61. The minimum Gasteiger partial charge on any atom is -0.467 e. The van der Waals surface area contributed by atoms with E-state index in [9.17, 15) is 4.79 Å². The van der Waals surface area contributed by atoms with Gasteiger partial charge < -0.3 is 9.73 Å². The van der Waals surface area contributed by atoms with Crippen LogP contribution in [0.4, 0.5) is 0 Å². The fraction of sp³-hybridized carbons (Fsp3) is 0.0556. The van der Waals surface area contributed by atoms with Crippen LogP contribution in [0.15, 0.2) is 77.4 Å². The Bertz CT molecular complexity index is 754. The average molecular weight is 403 g/mol. The van der Waals surface area contributed by atoms with Crippen LogP contribution in [0.2, 0.25) is 0 Å². The van der Waals surface area contributed by atoms with Gasteiger partial charge in [0.05, 0.1) is 6.26 Å². The highest BCUT2D eigenvalue weighted by atomic mass is 127. The number of benzene rings is 2. The molecule has 1 N–H and O–H groups in total. The van der Waals surface area contributed by atoms with Gasteiger partial charge in [-0.1, -0.05) is 36.4 Å². The maximum Gasteiger partial charge on any atom is 0.252 e. The Morgan fingerprint density at radius 2 is 1.82 bits per heavy atom. The van der Waals surface area contributed by atoms with E-state index in [1.54, 1.807) is 6.26 Å². The third-order valence-corrected chi connectivity index (χ3v) is 3.99. The molecule has 0 unspecified atom stereocenters. The second-order valence-electron chi connectivity index (χ2n) is 4.84. The second-order valence-corrected chi connectivity index (χ2v) is 6.09. The molecule has 1 amide bonds. The molecule has 1 atom stereocenters. The van der Waals surface area contributed by atoms with Gasteiger partial charge in [0.15, 0.2) is 0 Å². The first-order valence-corrected chi connectivity index (χ1v) is 7.97. The van der Waals surface area contributed by atoms with Crippen molar-refractivity contribution in [2.75, 3.05) is 0 Å². The molecular weight excluding hydrogens is 389 g/mol. The third-order valence-electron chi connectivity index (χ3n) is 3.32. The van der Waals surface area contributed by atoms with Gasteiger partial charge in [0.25, 0.3) is 5.91 Å². The SMILES string of the molecule is O=C(N[C@H](c1ccccc1)c1ccco1)c1cccc(I)c1. The van der Waals surface area contributed by atoms with Gasteiger partial charge in [-0.3, -0.25) is 4.79 Å². The van der Waals surface area contributed by atoms with E-state index in [-0.39, 0.29) is 11.9 Å². The number of halogens is 1. The van der Waals surface area contributed by atoms with E-state index >= 15 is 0 Å². The minimum absolute atomic E-state index is 0.122. The van der Waals surface area contributed by atoms with Crippen molar-refractivity contribution < 1.29 is 9.21 Å². The molecule has 2 aromatic carbocycles. The lowest BCUT2D eigenvalue weighted by Crippen LogP contribution is -2.29. The number of rotatable bonds is 4. The molecule has 0 fully saturated rings. The Kier molecular flexibility index (Phi) is 4.58. The van der Waals surface area contributed by atoms with Crippen LogP contribution in [0.25, 0.3) is 0 Å². The predicted molar refractivity (Wildman–Crippen MR) is 93.6 cm³/mol. The van der Waals surface area contributed by atoms with Crippen LogP contribution in [0.1, 0.15) is 27.7 Å². The molecule has 0 saturated heterocycles. The first-order chi connectivity index (χ1) is 10.7. The second kappa shape index (κ2) is 6.79. The van der Waals surface area contributed by atoms with Gasteiger partial charge in [-0.05, 0) is 58.5 Å². The van der Waals surface area contributed by atoms with Crippen molar-refractivity contribution in [1.82, 2.24) is 5.32 Å². The van der Waals surface area contributed by atoms with E-state index < -0.39 is 0 Å². The van der Waals surface area contributed by atoms with Gasteiger partial charge >= 0.3 is 0 Å². The zero-order chi connectivity index (χ0) is 15.4. The Morgan fingerprint density at radius 3 is 2.50 bits per heavy atom. The van der Waals surface area contributed by atoms with Crippen LogP contribution in [-0.2, 0) is 0 Å². The molecule has 0 aliphatic carbocycles. The number of amides is 1. The lowest BCUT2D eigenvalue weighted by Gasteiger charge is -2.17. The molecule has 22 heavy (non-hydrogen) atoms. The van der Waals surface area contributed by atoms with Gasteiger partial charge in [-0.2, -0.15) is 0 Å². The zero-order valence-electron chi connectivity index (χ0n) is 11.7. The van der Waals surface area contributed by atoms with E-state index in [0.717, 1.165) is 9.13 Å². The van der Waals surface area contributed by atoms with Crippen molar-refractivity contribution in [3.63, 3.8) is 0 Å². The van der Waals surface area contributed by atoms with E-state index in [1.165, 1.54) is 0 Å². The van der Waals surface area contributed by atoms with Crippen molar-refractivity contribution >= 4 is 28.5 Å². The largest absolute Gasteiger partial charge is 0.467 e. The van der Waals surface area contributed by atoms with Crippen LogP contribution in [0, 0.1) is 3.57 Å². The molecule has 3 nitrogen and oxygen atoms in total. The molecule has 0 saturated carbocycles. The van der Waals surface area contributed by atoms with Crippen molar-refractivity contribution in [1.29, 1.82) is 0 Å². The lowest BCUT2D eigenvalue weighted by atomic mass is 10.0. The Balaban J connectivity index is 1.89. The number of nitrogens with one attached hydrogen (secondary N) is 1. The highest BCUT2D eigenvalue weighted by molar-refractivity contribution is 14.1. The summed E-state index contributed by atoms with van der Waals surface area (Å²) in [5.41, 5.74) is 1.62. The van der Waals surface area contributed by atoms with Crippen LogP contribution in [0.5, 0.6) is 0 Å². The topological polar surface area (TPSA) is 42.2 Å². The van der Waals surface area contributed by atoms with E-state index in [4.69, 9.17) is 4.42 Å². The monoisotopic (exact) mass is 403 g/mol. The molecule has 0 aliphatic rings. The molecule has 0 aliphatic heterocycles. The molecule has 3 rings (SSSR count). The van der Waals surface area contributed by atoms with E-state index in [1.807, 2.05) is 66.7 Å². The molecule has 1 aromatic heterocycles. The van der Waals surface area contributed by atoms with Crippen molar-refractivity contribution in [3.05, 3.63) is 93.5 Å². The van der Waals surface area contributed by atoms with Gasteiger partial charge in [-0.15, -0.1) is 0 Å². The number of furan rings is 1. The summed E-state index contributed by atoms with van der Waals surface area (Å²) in [5.74, 6) is 0.592. The van der Waals surface area contributed by atoms with E-state index in [2.05, 4.69) is 27.9 Å². The summed E-state index contributed by atoms with van der Waals surface area (Å²) in [6, 6.07) is 20.7. The van der Waals surface area contributed by atoms with Crippen LogP contribution in [-0.4, -0.2) is 5.91 Å². The Hall–Kier alpha value is -2.08. The molecule has 3 aromatic rings. The van der Waals surface area contributed by atoms with Crippen LogP contribution >= 0.6 is 22.6 Å². The number of carbonyl (C=O) groups excluding carboxylic acids is 1. The molecule has 110 valence electrons. The maximum atomic E-state index is 12.5. The number of hydrogen-bond acceptors (Lipinski definition) is 2. The fourth-order valence-electron chi connectivity index (χ4n) is 2.26. The summed E-state index contributed by atoms with van der Waals surface area (Å²) in [7, 11) is 0. The molecular formula is C18H14INO2. The summed E-state index contributed by atoms with van der Waals surface area (Å²) in [4.78, 5) is 12.5. The van der Waals surface area contributed by atoms with Gasteiger partial charge in [0.1, 0.15) is 11.8 Å². The summed E-state index contributed by atoms with van der Waals surface area (Å²) >= 11 is 2.20. The molecule has 1 heterocycles. The molecule has 4 heteroatoms. The number of hydrogen-bond donors (Lipinski definition) is 1. The fourth-order valence-corrected chi connectivity index (χ4v) is 2.81. The number of carbonyl (C=O) groups is 1. The minimum atomic E-state index is -0.304. The smallest absolute Gasteiger partial charge is 0.252 e. The van der Waals surface area contributed by atoms with Gasteiger partial charge in [0, 0.05) is 9.13 Å². The van der Waals surface area contributed by atoms with Crippen molar-refractivity contribution in [2.24, 2.45) is 0 Å². The summed E-state index contributed by atoms with van der Waals surface area (Å²) < 4.78 is 6.52. The molecule has 0 spiro atoms. The highest BCUT2D eigenvalue weighted by Gasteiger charge is 2.20. The summed E-state index contributed by atoms with van der Waals surface area (Å²) in [6.45, 7) is 0. The Morgan fingerprint density at radius 1 is 1.00 bits per heavy atom. The predicted octanol–water partition coefficient (Wildman–Crippen LogP) is 4.40. The van der Waals surface area contributed by atoms with Crippen LogP contribution < -0.4 is 5.32 Å². The standard InChI is InChI=1S/C18H14INO2/c19-15-9-4-8-14(12-15)18(21)20-17(16-10-5-11-22-16)13-6-2-1-3-7-13/h1-12,17H,(H,20,21)/t17-/m1/s1. The molecule has 0 bridgehead atoms. The maximum absolute atomic E-state index is 12.5.